The third kappa shape index (κ3) is 1.95. The maximum atomic E-state index is 13.2. The molecule has 0 atom stereocenters. The van der Waals surface area contributed by atoms with Crippen LogP contribution in [0.25, 0.3) is 16.7 Å². The van der Waals surface area contributed by atoms with E-state index in [1.54, 1.807) is 12.2 Å². The van der Waals surface area contributed by atoms with Crippen molar-refractivity contribution < 1.29 is 9.18 Å². The number of nitrogens with zero attached hydrogens (tertiary/aromatic N) is 3. The van der Waals surface area contributed by atoms with Gasteiger partial charge in [0.1, 0.15) is 11.5 Å². The Kier molecular flexibility index (Phi) is 3.06. The van der Waals surface area contributed by atoms with Crippen molar-refractivity contribution in [3.05, 3.63) is 42.5 Å². The molecule has 0 aliphatic carbocycles. The highest BCUT2D eigenvalue weighted by Crippen LogP contribution is 2.21. The van der Waals surface area contributed by atoms with Crippen LogP contribution in [0.2, 0.25) is 0 Å². The third-order valence-corrected chi connectivity index (χ3v) is 2.52. The van der Waals surface area contributed by atoms with Gasteiger partial charge in [-0.2, -0.15) is 5.10 Å². The van der Waals surface area contributed by atoms with Gasteiger partial charge in [-0.3, -0.25) is 4.79 Å². The fourth-order valence-electron chi connectivity index (χ4n) is 1.72. The Hall–Kier alpha value is -2.30. The Morgan fingerprint density at radius 3 is 2.83 bits per heavy atom. The number of aromatic nitrogens is 3. The van der Waals surface area contributed by atoms with E-state index in [4.69, 9.17) is 0 Å². The second-order valence-corrected chi connectivity index (χ2v) is 3.89. The maximum absolute atomic E-state index is 13.2. The standard InChI is InChI=1S/C13H12FN3O/c1-4-5-8(2)17-13-11(6-10(14)7-15-13)12(16-17)9(3)18/h4-7H,1H2,2-3H3. The molecule has 0 saturated heterocycles. The number of carbonyl (C=O) groups excluding carboxylic acids is 1. The molecule has 0 spiro atoms. The predicted molar refractivity (Wildman–Crippen MR) is 67.6 cm³/mol. The summed E-state index contributed by atoms with van der Waals surface area (Å²) in [5.74, 6) is -0.715. The molecule has 5 heteroatoms. The van der Waals surface area contributed by atoms with E-state index in [1.807, 2.05) is 6.92 Å². The SMILES string of the molecule is C=CC=C(C)n1nc(C(C)=O)c2cc(F)cnc21. The molecule has 0 aliphatic heterocycles. The lowest BCUT2D eigenvalue weighted by Gasteiger charge is -2.00. The minimum atomic E-state index is -0.491. The van der Waals surface area contributed by atoms with Crippen LogP contribution in [0.5, 0.6) is 0 Å². The minimum Gasteiger partial charge on any atom is -0.293 e. The average Bonchev–Trinajstić information content (AvgIpc) is 2.68. The number of Topliss-reactive ketones (excluding diaryl/α,β-unsaturated/α-hetero) is 1. The van der Waals surface area contributed by atoms with E-state index in [0.29, 0.717) is 11.0 Å². The molecule has 0 N–H and O–H groups in total. The van der Waals surface area contributed by atoms with Crippen LogP contribution >= 0.6 is 0 Å². The van der Waals surface area contributed by atoms with Gasteiger partial charge in [0.25, 0.3) is 0 Å². The molecule has 0 amide bonds. The molecular formula is C13H12FN3O. The molecule has 2 rings (SSSR count). The summed E-state index contributed by atoms with van der Waals surface area (Å²) < 4.78 is 14.7. The first-order chi connectivity index (χ1) is 8.54. The van der Waals surface area contributed by atoms with E-state index >= 15 is 0 Å². The molecule has 2 aromatic heterocycles. The van der Waals surface area contributed by atoms with E-state index in [1.165, 1.54) is 17.7 Å². The fraction of sp³-hybridized carbons (Fsp3) is 0.154. The summed E-state index contributed by atoms with van der Waals surface area (Å²) in [5, 5.41) is 4.59. The van der Waals surface area contributed by atoms with Crippen molar-refractivity contribution in [2.45, 2.75) is 13.8 Å². The Morgan fingerprint density at radius 1 is 1.50 bits per heavy atom. The highest BCUT2D eigenvalue weighted by Gasteiger charge is 2.16. The zero-order valence-corrected chi connectivity index (χ0v) is 10.1. The lowest BCUT2D eigenvalue weighted by molar-refractivity contribution is 0.101. The van der Waals surface area contributed by atoms with Crippen LogP contribution in [-0.4, -0.2) is 20.5 Å². The van der Waals surface area contributed by atoms with Crippen LogP contribution in [0.1, 0.15) is 24.3 Å². The summed E-state index contributed by atoms with van der Waals surface area (Å²) in [6.07, 6.45) is 4.45. The van der Waals surface area contributed by atoms with Crippen LogP contribution in [0, 0.1) is 5.82 Å². The Balaban J connectivity index is 2.80. The summed E-state index contributed by atoms with van der Waals surface area (Å²) in [6, 6.07) is 1.27. The third-order valence-electron chi connectivity index (χ3n) is 2.52. The minimum absolute atomic E-state index is 0.216. The first-order valence-electron chi connectivity index (χ1n) is 5.39. The van der Waals surface area contributed by atoms with Crippen molar-refractivity contribution in [3.63, 3.8) is 0 Å². The van der Waals surface area contributed by atoms with Gasteiger partial charge in [-0.15, -0.1) is 0 Å². The topological polar surface area (TPSA) is 47.8 Å². The molecule has 92 valence electrons. The number of ketones is 1. The summed E-state index contributed by atoms with van der Waals surface area (Å²) in [7, 11) is 0. The Morgan fingerprint density at radius 2 is 2.22 bits per heavy atom. The number of halogens is 1. The van der Waals surface area contributed by atoms with E-state index in [2.05, 4.69) is 16.7 Å². The van der Waals surface area contributed by atoms with E-state index in [9.17, 15) is 9.18 Å². The van der Waals surface area contributed by atoms with E-state index in [0.717, 1.165) is 11.9 Å². The number of allylic oxidation sites excluding steroid dienone is 3. The molecule has 2 heterocycles. The zero-order valence-electron chi connectivity index (χ0n) is 10.1. The number of fused-ring (bicyclic) bond motifs is 1. The monoisotopic (exact) mass is 245 g/mol. The highest BCUT2D eigenvalue weighted by molar-refractivity contribution is 6.04. The van der Waals surface area contributed by atoms with Gasteiger partial charge in [0.15, 0.2) is 11.4 Å². The van der Waals surface area contributed by atoms with Crippen LogP contribution in [-0.2, 0) is 0 Å². The van der Waals surface area contributed by atoms with Gasteiger partial charge < -0.3 is 0 Å². The fourth-order valence-corrected chi connectivity index (χ4v) is 1.72. The molecule has 0 fully saturated rings. The molecule has 2 aromatic rings. The maximum Gasteiger partial charge on any atom is 0.180 e. The number of pyridine rings is 1. The van der Waals surface area contributed by atoms with Crippen LogP contribution in [0.4, 0.5) is 4.39 Å². The van der Waals surface area contributed by atoms with Gasteiger partial charge in [-0.1, -0.05) is 12.7 Å². The average molecular weight is 245 g/mol. The lowest BCUT2D eigenvalue weighted by Crippen LogP contribution is -1.99. The first-order valence-corrected chi connectivity index (χ1v) is 5.39. The van der Waals surface area contributed by atoms with Crippen molar-refractivity contribution in [2.24, 2.45) is 0 Å². The number of rotatable bonds is 3. The van der Waals surface area contributed by atoms with Crippen LogP contribution < -0.4 is 0 Å². The van der Waals surface area contributed by atoms with Crippen molar-refractivity contribution >= 4 is 22.5 Å². The van der Waals surface area contributed by atoms with Crippen molar-refractivity contribution in [3.8, 4) is 0 Å². The van der Waals surface area contributed by atoms with Crippen LogP contribution in [0.3, 0.4) is 0 Å². The molecule has 4 nitrogen and oxygen atoms in total. The van der Waals surface area contributed by atoms with Crippen molar-refractivity contribution in [1.29, 1.82) is 0 Å². The molecule has 0 radical (unpaired) electrons. The first kappa shape index (κ1) is 12.2. The van der Waals surface area contributed by atoms with E-state index < -0.39 is 5.82 Å². The highest BCUT2D eigenvalue weighted by atomic mass is 19.1. The molecule has 0 bridgehead atoms. The van der Waals surface area contributed by atoms with Gasteiger partial charge in [0.2, 0.25) is 0 Å². The summed E-state index contributed by atoms with van der Waals surface area (Å²) >= 11 is 0. The van der Waals surface area contributed by atoms with Crippen molar-refractivity contribution in [1.82, 2.24) is 14.8 Å². The quantitative estimate of drug-likeness (QED) is 0.617. The summed E-state index contributed by atoms with van der Waals surface area (Å²) in [4.78, 5) is 15.5. The second-order valence-electron chi connectivity index (χ2n) is 3.89. The largest absolute Gasteiger partial charge is 0.293 e. The second kappa shape index (κ2) is 4.52. The van der Waals surface area contributed by atoms with Gasteiger partial charge in [0.05, 0.1) is 11.6 Å². The normalized spacial score (nSPS) is 11.8. The van der Waals surface area contributed by atoms with Gasteiger partial charge in [0, 0.05) is 12.6 Å². The predicted octanol–water partition coefficient (Wildman–Crippen LogP) is 2.82. The number of carbonyl (C=O) groups is 1. The number of hydrogen-bond donors (Lipinski definition) is 0. The van der Waals surface area contributed by atoms with Gasteiger partial charge in [-0.25, -0.2) is 14.1 Å². The summed E-state index contributed by atoms with van der Waals surface area (Å²) in [6.45, 7) is 6.80. The van der Waals surface area contributed by atoms with Gasteiger partial charge >= 0.3 is 0 Å². The molecule has 0 aliphatic rings. The Labute approximate surface area is 103 Å². The van der Waals surface area contributed by atoms with Crippen molar-refractivity contribution in [2.75, 3.05) is 0 Å². The lowest BCUT2D eigenvalue weighted by atomic mass is 10.2. The molecule has 0 aromatic carbocycles. The smallest absolute Gasteiger partial charge is 0.180 e. The summed E-state index contributed by atoms with van der Waals surface area (Å²) in [5.41, 5.74) is 1.42. The Bertz CT molecular complexity index is 670. The molecule has 18 heavy (non-hydrogen) atoms. The molecular weight excluding hydrogens is 233 g/mol. The number of hydrogen-bond acceptors (Lipinski definition) is 3. The molecule has 0 saturated carbocycles. The van der Waals surface area contributed by atoms with E-state index in [-0.39, 0.29) is 11.5 Å². The molecule has 0 unspecified atom stereocenters. The van der Waals surface area contributed by atoms with Crippen LogP contribution in [0.15, 0.2) is 31.0 Å². The zero-order chi connectivity index (χ0) is 13.3. The van der Waals surface area contributed by atoms with Gasteiger partial charge in [-0.05, 0) is 19.1 Å².